The van der Waals surface area contributed by atoms with Crippen molar-refractivity contribution in [3.8, 4) is 0 Å². The number of nitrogens with one attached hydrogen (secondary N) is 2. The van der Waals surface area contributed by atoms with E-state index >= 15 is 0 Å². The van der Waals surface area contributed by atoms with Crippen LogP contribution in [-0.2, 0) is 4.79 Å². The van der Waals surface area contributed by atoms with E-state index in [9.17, 15) is 4.79 Å². The van der Waals surface area contributed by atoms with Gasteiger partial charge in [-0.15, -0.1) is 0 Å². The minimum absolute atomic E-state index is 0.0312. The van der Waals surface area contributed by atoms with Gasteiger partial charge in [0, 0.05) is 18.7 Å². The van der Waals surface area contributed by atoms with Gasteiger partial charge in [-0.2, -0.15) is 0 Å². The lowest BCUT2D eigenvalue weighted by Gasteiger charge is -2.08. The lowest BCUT2D eigenvalue weighted by Crippen LogP contribution is -2.35. The van der Waals surface area contributed by atoms with Crippen LogP contribution < -0.4 is 10.6 Å². The molecule has 3 heteroatoms. The van der Waals surface area contributed by atoms with E-state index in [0.717, 1.165) is 25.1 Å². The maximum Gasteiger partial charge on any atom is 0.244 e. The molecule has 1 fully saturated rings. The molecule has 0 aromatic rings. The van der Waals surface area contributed by atoms with Crippen LogP contribution in [0.3, 0.4) is 0 Å². The second-order valence-electron chi connectivity index (χ2n) is 3.42. The van der Waals surface area contributed by atoms with E-state index in [1.165, 1.54) is 0 Å². The Morgan fingerprint density at radius 3 is 2.83 bits per heavy atom. The Labute approximate surface area is 73.2 Å². The average Bonchev–Trinajstić information content (AvgIpc) is 2.37. The molecule has 0 bridgehead atoms. The Morgan fingerprint density at radius 1 is 1.58 bits per heavy atom. The zero-order chi connectivity index (χ0) is 8.97. The Bertz CT molecular complexity index is 189. The molecule has 0 radical (unpaired) electrons. The molecule has 0 unspecified atom stereocenters. The Hall–Kier alpha value is -0.830. The van der Waals surface area contributed by atoms with Crippen molar-refractivity contribution in [2.24, 2.45) is 0 Å². The van der Waals surface area contributed by atoms with E-state index in [1.54, 1.807) is 6.08 Å². The van der Waals surface area contributed by atoms with E-state index in [4.69, 9.17) is 0 Å². The quantitative estimate of drug-likeness (QED) is 0.587. The maximum atomic E-state index is 11.2. The van der Waals surface area contributed by atoms with Gasteiger partial charge < -0.3 is 10.6 Å². The molecule has 0 spiro atoms. The molecule has 0 aromatic heterocycles. The van der Waals surface area contributed by atoms with E-state index in [0.29, 0.717) is 6.04 Å². The van der Waals surface area contributed by atoms with Crippen molar-refractivity contribution >= 4 is 5.91 Å². The molecule has 2 N–H and O–H groups in total. The molecule has 1 atom stereocenters. The van der Waals surface area contributed by atoms with Crippen LogP contribution in [0.2, 0.25) is 0 Å². The molecule has 12 heavy (non-hydrogen) atoms. The summed E-state index contributed by atoms with van der Waals surface area (Å²) in [6.45, 7) is 5.76. The lowest BCUT2D eigenvalue weighted by molar-refractivity contribution is -0.117. The molecule has 1 rings (SSSR count). The van der Waals surface area contributed by atoms with Gasteiger partial charge in [-0.05, 0) is 26.8 Å². The summed E-state index contributed by atoms with van der Waals surface area (Å²) in [5, 5.41) is 6.13. The number of rotatable bonds is 2. The van der Waals surface area contributed by atoms with E-state index in [2.05, 4.69) is 10.6 Å². The Morgan fingerprint density at radius 2 is 2.33 bits per heavy atom. The molecule has 1 saturated heterocycles. The third-order valence-electron chi connectivity index (χ3n) is 1.83. The Kier molecular flexibility index (Phi) is 3.29. The van der Waals surface area contributed by atoms with Crippen molar-refractivity contribution in [1.29, 1.82) is 0 Å². The number of amides is 1. The number of carbonyl (C=O) groups is 1. The number of allylic oxidation sites excluding steroid dienone is 1. The Balaban J connectivity index is 2.30. The summed E-state index contributed by atoms with van der Waals surface area (Å²) < 4.78 is 0. The monoisotopic (exact) mass is 168 g/mol. The second kappa shape index (κ2) is 4.26. The van der Waals surface area contributed by atoms with Crippen molar-refractivity contribution in [2.75, 3.05) is 13.1 Å². The van der Waals surface area contributed by atoms with E-state index in [-0.39, 0.29) is 5.91 Å². The van der Waals surface area contributed by atoms with Crippen molar-refractivity contribution < 1.29 is 4.79 Å². The van der Waals surface area contributed by atoms with Crippen molar-refractivity contribution in [2.45, 2.75) is 26.3 Å². The largest absolute Gasteiger partial charge is 0.348 e. The summed E-state index contributed by atoms with van der Waals surface area (Å²) in [5.74, 6) is 0.0312. The molecule has 0 aromatic carbocycles. The predicted molar refractivity (Wildman–Crippen MR) is 48.8 cm³/mol. The summed E-state index contributed by atoms with van der Waals surface area (Å²) in [7, 11) is 0. The van der Waals surface area contributed by atoms with Crippen LogP contribution in [0.25, 0.3) is 0 Å². The molecule has 0 saturated carbocycles. The highest BCUT2D eigenvalue weighted by Crippen LogP contribution is 1.97. The van der Waals surface area contributed by atoms with Gasteiger partial charge in [0.05, 0.1) is 0 Å². The smallest absolute Gasteiger partial charge is 0.244 e. The van der Waals surface area contributed by atoms with Gasteiger partial charge in [-0.25, -0.2) is 0 Å². The number of hydrogen-bond acceptors (Lipinski definition) is 2. The molecule has 0 aliphatic carbocycles. The fourth-order valence-corrected chi connectivity index (χ4v) is 1.28. The fourth-order valence-electron chi connectivity index (χ4n) is 1.28. The van der Waals surface area contributed by atoms with Gasteiger partial charge in [0.1, 0.15) is 0 Å². The van der Waals surface area contributed by atoms with Gasteiger partial charge in [-0.3, -0.25) is 4.79 Å². The van der Waals surface area contributed by atoms with Gasteiger partial charge >= 0.3 is 0 Å². The normalized spacial score (nSPS) is 22.0. The molecule has 68 valence electrons. The number of hydrogen-bond donors (Lipinski definition) is 2. The van der Waals surface area contributed by atoms with Crippen molar-refractivity contribution in [3.05, 3.63) is 11.6 Å². The summed E-state index contributed by atoms with van der Waals surface area (Å²) in [6.07, 6.45) is 2.68. The van der Waals surface area contributed by atoms with Gasteiger partial charge in [0.25, 0.3) is 0 Å². The van der Waals surface area contributed by atoms with Crippen LogP contribution in [0.15, 0.2) is 11.6 Å². The molecular weight excluding hydrogens is 152 g/mol. The maximum absolute atomic E-state index is 11.2. The fraction of sp³-hybridized carbons (Fsp3) is 0.667. The van der Waals surface area contributed by atoms with Crippen molar-refractivity contribution in [1.82, 2.24) is 10.6 Å². The highest BCUT2D eigenvalue weighted by Gasteiger charge is 2.14. The lowest BCUT2D eigenvalue weighted by atomic mass is 10.2. The molecule has 1 aliphatic heterocycles. The first-order valence-corrected chi connectivity index (χ1v) is 4.34. The molecule has 1 amide bonds. The summed E-state index contributed by atoms with van der Waals surface area (Å²) in [5.41, 5.74) is 1.04. The van der Waals surface area contributed by atoms with Crippen LogP contribution in [-0.4, -0.2) is 25.0 Å². The predicted octanol–water partition coefficient (Wildman–Crippen LogP) is 0.431. The summed E-state index contributed by atoms with van der Waals surface area (Å²) >= 11 is 0. The van der Waals surface area contributed by atoms with Crippen LogP contribution in [0.5, 0.6) is 0 Å². The zero-order valence-electron chi connectivity index (χ0n) is 7.68. The summed E-state index contributed by atoms with van der Waals surface area (Å²) in [4.78, 5) is 11.2. The average molecular weight is 168 g/mol. The second-order valence-corrected chi connectivity index (χ2v) is 3.42. The summed E-state index contributed by atoms with van der Waals surface area (Å²) in [6, 6.07) is 0.327. The highest BCUT2D eigenvalue weighted by molar-refractivity contribution is 5.88. The van der Waals surface area contributed by atoms with Crippen LogP contribution in [0, 0.1) is 0 Å². The minimum Gasteiger partial charge on any atom is -0.348 e. The van der Waals surface area contributed by atoms with Gasteiger partial charge in [-0.1, -0.05) is 5.57 Å². The van der Waals surface area contributed by atoms with Gasteiger partial charge in [0.15, 0.2) is 0 Å². The minimum atomic E-state index is 0.0312. The highest BCUT2D eigenvalue weighted by atomic mass is 16.1. The van der Waals surface area contributed by atoms with Gasteiger partial charge in [0.2, 0.25) is 5.91 Å². The first-order chi connectivity index (χ1) is 5.68. The van der Waals surface area contributed by atoms with Crippen LogP contribution in [0.4, 0.5) is 0 Å². The number of carbonyl (C=O) groups excluding carboxylic acids is 1. The first-order valence-electron chi connectivity index (χ1n) is 4.34. The van der Waals surface area contributed by atoms with Crippen LogP contribution >= 0.6 is 0 Å². The third kappa shape index (κ3) is 3.05. The van der Waals surface area contributed by atoms with E-state index < -0.39 is 0 Å². The van der Waals surface area contributed by atoms with Crippen molar-refractivity contribution in [3.63, 3.8) is 0 Å². The first kappa shape index (κ1) is 9.26. The third-order valence-corrected chi connectivity index (χ3v) is 1.83. The van der Waals surface area contributed by atoms with Crippen LogP contribution in [0.1, 0.15) is 20.3 Å². The molecule has 1 heterocycles. The zero-order valence-corrected chi connectivity index (χ0v) is 7.68. The standard InChI is InChI=1S/C9H16N2O/c1-7(2)5-9(12)11-8-3-4-10-6-8/h5,8,10H,3-4,6H2,1-2H3,(H,11,12)/t8-/m1/s1. The van der Waals surface area contributed by atoms with E-state index in [1.807, 2.05) is 13.8 Å². The molecule has 1 aliphatic rings. The topological polar surface area (TPSA) is 41.1 Å². The molecule has 3 nitrogen and oxygen atoms in total. The SMILES string of the molecule is CC(C)=CC(=O)N[C@@H]1CCNC1. The molecular formula is C9H16N2O.